The lowest BCUT2D eigenvalue weighted by Crippen LogP contribution is -2.23. The Morgan fingerprint density at radius 3 is 2.86 bits per heavy atom. The molecule has 22 heavy (non-hydrogen) atoms. The number of nitrogens with one attached hydrogen (secondary N) is 1. The van der Waals surface area contributed by atoms with Gasteiger partial charge in [0.25, 0.3) is 5.91 Å². The molecule has 3 rings (SSSR count). The maximum atomic E-state index is 12.2. The van der Waals surface area contributed by atoms with Gasteiger partial charge in [-0.1, -0.05) is 17.7 Å². The number of thiophene rings is 1. The van der Waals surface area contributed by atoms with E-state index in [-0.39, 0.29) is 5.91 Å². The standard InChI is InChI=1S/C17H15N3OS/c1-12-3-2-4-13(9-12)17(21)20-10-15-16(19-7-6-18-15)14-5-8-22-11-14/h2-9,11H,10H2,1H3,(H,20,21). The van der Waals surface area contributed by atoms with Crippen LogP contribution in [0.3, 0.4) is 0 Å². The molecule has 0 saturated carbocycles. The zero-order chi connectivity index (χ0) is 15.4. The summed E-state index contributed by atoms with van der Waals surface area (Å²) < 4.78 is 0. The second-order valence-corrected chi connectivity index (χ2v) is 5.70. The Kier molecular flexibility index (Phi) is 4.25. The Bertz CT molecular complexity index is 784. The molecule has 0 bridgehead atoms. The summed E-state index contributed by atoms with van der Waals surface area (Å²) in [4.78, 5) is 20.9. The largest absolute Gasteiger partial charge is 0.346 e. The second-order valence-electron chi connectivity index (χ2n) is 4.92. The molecule has 5 heteroatoms. The van der Waals surface area contributed by atoms with Crippen molar-refractivity contribution in [1.82, 2.24) is 15.3 Å². The van der Waals surface area contributed by atoms with E-state index in [4.69, 9.17) is 0 Å². The maximum Gasteiger partial charge on any atom is 0.251 e. The molecule has 0 atom stereocenters. The lowest BCUT2D eigenvalue weighted by molar-refractivity contribution is 0.0950. The van der Waals surface area contributed by atoms with Gasteiger partial charge >= 0.3 is 0 Å². The van der Waals surface area contributed by atoms with Crippen molar-refractivity contribution in [1.29, 1.82) is 0 Å². The molecular weight excluding hydrogens is 294 g/mol. The topological polar surface area (TPSA) is 54.9 Å². The van der Waals surface area contributed by atoms with Crippen LogP contribution in [0.5, 0.6) is 0 Å². The summed E-state index contributed by atoms with van der Waals surface area (Å²) in [6.45, 7) is 2.32. The minimum Gasteiger partial charge on any atom is -0.346 e. The van der Waals surface area contributed by atoms with Gasteiger partial charge in [-0.2, -0.15) is 11.3 Å². The first-order valence-corrected chi connectivity index (χ1v) is 7.85. The van der Waals surface area contributed by atoms with E-state index in [2.05, 4.69) is 15.3 Å². The monoisotopic (exact) mass is 309 g/mol. The Hall–Kier alpha value is -2.53. The first-order chi connectivity index (χ1) is 10.7. The van der Waals surface area contributed by atoms with Gasteiger partial charge in [0.05, 0.1) is 17.9 Å². The molecule has 1 aromatic carbocycles. The Labute approximate surface area is 132 Å². The van der Waals surface area contributed by atoms with Crippen molar-refractivity contribution in [2.24, 2.45) is 0 Å². The van der Waals surface area contributed by atoms with Crippen LogP contribution in [0.2, 0.25) is 0 Å². The van der Waals surface area contributed by atoms with Gasteiger partial charge in [0.1, 0.15) is 0 Å². The quantitative estimate of drug-likeness (QED) is 0.803. The Morgan fingerprint density at radius 2 is 2.09 bits per heavy atom. The number of carbonyl (C=O) groups is 1. The van der Waals surface area contributed by atoms with Gasteiger partial charge in [0.2, 0.25) is 0 Å². The Balaban J connectivity index is 1.76. The average molecular weight is 309 g/mol. The van der Waals surface area contributed by atoms with Crippen LogP contribution in [0.25, 0.3) is 11.3 Å². The third-order valence-corrected chi connectivity index (χ3v) is 3.95. The fourth-order valence-corrected chi connectivity index (χ4v) is 2.83. The van der Waals surface area contributed by atoms with Crippen molar-refractivity contribution in [3.63, 3.8) is 0 Å². The van der Waals surface area contributed by atoms with E-state index in [0.717, 1.165) is 22.5 Å². The number of hydrogen-bond donors (Lipinski definition) is 1. The van der Waals surface area contributed by atoms with Crippen molar-refractivity contribution >= 4 is 17.2 Å². The molecule has 3 aromatic rings. The molecule has 1 amide bonds. The van der Waals surface area contributed by atoms with E-state index in [1.54, 1.807) is 29.8 Å². The lowest BCUT2D eigenvalue weighted by Gasteiger charge is -2.08. The average Bonchev–Trinajstić information content (AvgIpc) is 3.07. The number of aryl methyl sites for hydroxylation is 1. The van der Waals surface area contributed by atoms with Crippen molar-refractivity contribution in [2.45, 2.75) is 13.5 Å². The molecule has 110 valence electrons. The van der Waals surface area contributed by atoms with Gasteiger partial charge in [-0.25, -0.2) is 0 Å². The van der Waals surface area contributed by atoms with Crippen LogP contribution in [-0.2, 0) is 6.54 Å². The summed E-state index contributed by atoms with van der Waals surface area (Å²) in [7, 11) is 0. The first kappa shape index (κ1) is 14.4. The summed E-state index contributed by atoms with van der Waals surface area (Å²) in [5.41, 5.74) is 4.32. The molecule has 0 fully saturated rings. The number of rotatable bonds is 4. The number of benzene rings is 1. The van der Waals surface area contributed by atoms with Gasteiger partial charge in [0, 0.05) is 28.9 Å². The number of hydrogen-bond acceptors (Lipinski definition) is 4. The molecule has 0 aliphatic carbocycles. The third-order valence-electron chi connectivity index (χ3n) is 3.27. The van der Waals surface area contributed by atoms with Crippen LogP contribution in [-0.4, -0.2) is 15.9 Å². The van der Waals surface area contributed by atoms with E-state index in [0.29, 0.717) is 12.1 Å². The smallest absolute Gasteiger partial charge is 0.251 e. The molecule has 0 aliphatic heterocycles. The summed E-state index contributed by atoms with van der Waals surface area (Å²) in [5.74, 6) is -0.106. The molecule has 0 spiro atoms. The highest BCUT2D eigenvalue weighted by atomic mass is 32.1. The van der Waals surface area contributed by atoms with Crippen LogP contribution in [0.15, 0.2) is 53.5 Å². The third kappa shape index (κ3) is 3.20. The highest BCUT2D eigenvalue weighted by Crippen LogP contribution is 2.22. The maximum absolute atomic E-state index is 12.2. The molecule has 2 aromatic heterocycles. The van der Waals surface area contributed by atoms with E-state index in [1.165, 1.54) is 0 Å². The summed E-state index contributed by atoms with van der Waals surface area (Å²) in [6, 6.07) is 9.52. The van der Waals surface area contributed by atoms with Gasteiger partial charge in [-0.05, 0) is 30.5 Å². The van der Waals surface area contributed by atoms with Crippen molar-refractivity contribution in [3.8, 4) is 11.3 Å². The predicted octanol–water partition coefficient (Wildman–Crippen LogP) is 3.44. The summed E-state index contributed by atoms with van der Waals surface area (Å²) in [6.07, 6.45) is 3.31. The SMILES string of the molecule is Cc1cccc(C(=O)NCc2nccnc2-c2ccsc2)c1. The molecule has 1 N–H and O–H groups in total. The predicted molar refractivity (Wildman–Crippen MR) is 87.7 cm³/mol. The van der Waals surface area contributed by atoms with Gasteiger partial charge < -0.3 is 5.32 Å². The fraction of sp³-hybridized carbons (Fsp3) is 0.118. The van der Waals surface area contributed by atoms with Gasteiger partial charge in [0.15, 0.2) is 0 Å². The van der Waals surface area contributed by atoms with Gasteiger partial charge in [-0.15, -0.1) is 0 Å². The molecule has 0 unspecified atom stereocenters. The fourth-order valence-electron chi connectivity index (χ4n) is 2.19. The highest BCUT2D eigenvalue weighted by molar-refractivity contribution is 7.08. The van der Waals surface area contributed by atoms with Crippen molar-refractivity contribution < 1.29 is 4.79 Å². The van der Waals surface area contributed by atoms with Crippen LogP contribution < -0.4 is 5.32 Å². The van der Waals surface area contributed by atoms with E-state index in [1.807, 2.05) is 41.9 Å². The van der Waals surface area contributed by atoms with Crippen LogP contribution >= 0.6 is 11.3 Å². The van der Waals surface area contributed by atoms with E-state index < -0.39 is 0 Å². The molecule has 0 radical (unpaired) electrons. The number of amides is 1. The minimum atomic E-state index is -0.106. The second kappa shape index (κ2) is 6.49. The van der Waals surface area contributed by atoms with E-state index >= 15 is 0 Å². The van der Waals surface area contributed by atoms with Crippen LogP contribution in [0.4, 0.5) is 0 Å². The highest BCUT2D eigenvalue weighted by Gasteiger charge is 2.10. The molecule has 0 saturated heterocycles. The van der Waals surface area contributed by atoms with Gasteiger partial charge in [-0.3, -0.25) is 14.8 Å². The zero-order valence-electron chi connectivity index (χ0n) is 12.1. The van der Waals surface area contributed by atoms with Crippen molar-refractivity contribution in [3.05, 3.63) is 70.3 Å². The summed E-state index contributed by atoms with van der Waals surface area (Å²) in [5, 5.41) is 6.93. The number of nitrogens with zero attached hydrogens (tertiary/aromatic N) is 2. The van der Waals surface area contributed by atoms with Crippen LogP contribution in [0, 0.1) is 6.92 Å². The zero-order valence-corrected chi connectivity index (χ0v) is 12.9. The van der Waals surface area contributed by atoms with Crippen molar-refractivity contribution in [2.75, 3.05) is 0 Å². The molecule has 2 heterocycles. The Morgan fingerprint density at radius 1 is 1.23 bits per heavy atom. The molecule has 4 nitrogen and oxygen atoms in total. The number of carbonyl (C=O) groups excluding carboxylic acids is 1. The first-order valence-electron chi connectivity index (χ1n) is 6.91. The molecule has 0 aliphatic rings. The lowest BCUT2D eigenvalue weighted by atomic mass is 10.1. The summed E-state index contributed by atoms with van der Waals surface area (Å²) >= 11 is 1.61. The van der Waals surface area contributed by atoms with Crippen LogP contribution in [0.1, 0.15) is 21.6 Å². The normalized spacial score (nSPS) is 10.4. The number of aromatic nitrogens is 2. The van der Waals surface area contributed by atoms with E-state index in [9.17, 15) is 4.79 Å². The molecular formula is C17H15N3OS. The minimum absolute atomic E-state index is 0.106.